The molecule has 33 heavy (non-hydrogen) atoms. The summed E-state index contributed by atoms with van der Waals surface area (Å²) in [6, 6.07) is 21.3. The van der Waals surface area contributed by atoms with Crippen LogP contribution in [0.5, 0.6) is 5.75 Å². The lowest BCUT2D eigenvalue weighted by atomic mass is 10.1. The summed E-state index contributed by atoms with van der Waals surface area (Å²) in [5.74, 6) is 0.746. The summed E-state index contributed by atoms with van der Waals surface area (Å²) >= 11 is 0. The lowest BCUT2D eigenvalue weighted by Gasteiger charge is -2.34. The summed E-state index contributed by atoms with van der Waals surface area (Å²) in [6.07, 6.45) is 4.01. The van der Waals surface area contributed by atoms with Crippen molar-refractivity contribution in [3.05, 3.63) is 89.7 Å². The second kappa shape index (κ2) is 11.1. The maximum absolute atomic E-state index is 12.7. The second-order valence-corrected chi connectivity index (χ2v) is 8.02. The predicted molar refractivity (Wildman–Crippen MR) is 127 cm³/mol. The van der Waals surface area contributed by atoms with E-state index >= 15 is 0 Å². The van der Waals surface area contributed by atoms with Gasteiger partial charge in [0.25, 0.3) is 0 Å². The molecule has 4 rings (SSSR count). The first kappa shape index (κ1) is 22.3. The minimum atomic E-state index is -0.0790. The zero-order chi connectivity index (χ0) is 22.9. The van der Waals surface area contributed by atoms with Crippen molar-refractivity contribution < 1.29 is 9.53 Å². The number of nitrogens with one attached hydrogen (secondary N) is 1. The second-order valence-electron chi connectivity index (χ2n) is 8.02. The van der Waals surface area contributed by atoms with Crippen LogP contribution in [0.1, 0.15) is 16.7 Å². The van der Waals surface area contributed by atoms with E-state index in [9.17, 15) is 4.79 Å². The molecule has 1 fully saturated rings. The largest absolute Gasteiger partial charge is 0.489 e. The average molecular weight is 442 g/mol. The van der Waals surface area contributed by atoms with Gasteiger partial charge < -0.3 is 15.0 Å². The number of nitrogens with zero attached hydrogens (tertiary/aromatic N) is 4. The highest BCUT2D eigenvalue weighted by Crippen LogP contribution is 2.17. The van der Waals surface area contributed by atoms with E-state index in [4.69, 9.17) is 10.00 Å². The Labute approximate surface area is 194 Å². The van der Waals surface area contributed by atoms with Gasteiger partial charge in [-0.15, -0.1) is 0 Å². The van der Waals surface area contributed by atoms with Gasteiger partial charge in [-0.05, 0) is 53.1 Å². The number of nitriles is 1. The van der Waals surface area contributed by atoms with Gasteiger partial charge in [-0.3, -0.25) is 9.88 Å². The Kier molecular flexibility index (Phi) is 7.52. The Morgan fingerprint density at radius 3 is 2.45 bits per heavy atom. The quantitative estimate of drug-likeness (QED) is 0.598. The molecular weight excluding hydrogens is 414 g/mol. The third-order valence-electron chi connectivity index (χ3n) is 5.61. The van der Waals surface area contributed by atoms with Gasteiger partial charge in [0.1, 0.15) is 12.4 Å². The molecular formula is C26H27N5O2. The van der Waals surface area contributed by atoms with E-state index in [-0.39, 0.29) is 6.03 Å². The Balaban J connectivity index is 1.25. The lowest BCUT2D eigenvalue weighted by Crippen LogP contribution is -2.49. The number of carbonyl (C=O) groups is 1. The number of pyridine rings is 1. The maximum atomic E-state index is 12.7. The number of ether oxygens (including phenoxy) is 1. The summed E-state index contributed by atoms with van der Waals surface area (Å²) < 4.78 is 5.85. The van der Waals surface area contributed by atoms with Crippen LogP contribution in [0.4, 0.5) is 10.5 Å². The fraction of sp³-hybridized carbons (Fsp3) is 0.269. The van der Waals surface area contributed by atoms with Gasteiger partial charge in [-0.25, -0.2) is 4.79 Å². The normalized spacial score (nSPS) is 13.8. The molecule has 1 aromatic heterocycles. The van der Waals surface area contributed by atoms with Gasteiger partial charge in [0.15, 0.2) is 0 Å². The number of hydrogen-bond acceptors (Lipinski definition) is 5. The molecule has 3 aromatic rings. The number of anilines is 1. The van der Waals surface area contributed by atoms with Crippen LogP contribution in [0.15, 0.2) is 73.1 Å². The van der Waals surface area contributed by atoms with E-state index in [1.165, 1.54) is 5.56 Å². The summed E-state index contributed by atoms with van der Waals surface area (Å²) in [7, 11) is 0. The number of urea groups is 1. The van der Waals surface area contributed by atoms with E-state index in [0.717, 1.165) is 42.2 Å². The fourth-order valence-corrected chi connectivity index (χ4v) is 3.76. The molecule has 2 amide bonds. The van der Waals surface area contributed by atoms with E-state index in [1.54, 1.807) is 0 Å². The Bertz CT molecular complexity index is 1090. The zero-order valence-electron chi connectivity index (χ0n) is 18.5. The number of aromatic nitrogens is 1. The summed E-state index contributed by atoms with van der Waals surface area (Å²) in [4.78, 5) is 21.0. The molecule has 0 bridgehead atoms. The van der Waals surface area contributed by atoms with Crippen molar-refractivity contribution in [2.24, 2.45) is 0 Å². The molecule has 7 nitrogen and oxygen atoms in total. The van der Waals surface area contributed by atoms with Crippen molar-refractivity contribution in [3.63, 3.8) is 0 Å². The SMILES string of the molecule is N#CCc1ccc(OCc2cccc(NC(=O)N3CCN(Cc4ccncc4)CC3)c2)cc1. The highest BCUT2D eigenvalue weighted by atomic mass is 16.5. The van der Waals surface area contributed by atoms with Crippen LogP contribution in [0.2, 0.25) is 0 Å². The van der Waals surface area contributed by atoms with Gasteiger partial charge in [0.05, 0.1) is 12.5 Å². The molecule has 1 aliphatic heterocycles. The molecule has 0 radical (unpaired) electrons. The first-order valence-electron chi connectivity index (χ1n) is 11.0. The summed E-state index contributed by atoms with van der Waals surface area (Å²) in [5, 5.41) is 11.8. The Hall–Kier alpha value is -3.89. The monoisotopic (exact) mass is 441 g/mol. The van der Waals surface area contributed by atoms with E-state index in [2.05, 4.69) is 21.3 Å². The third kappa shape index (κ3) is 6.55. The van der Waals surface area contributed by atoms with E-state index in [1.807, 2.05) is 78.0 Å². The van der Waals surface area contributed by atoms with Crippen molar-refractivity contribution in [1.29, 1.82) is 5.26 Å². The molecule has 0 atom stereocenters. The third-order valence-corrected chi connectivity index (χ3v) is 5.61. The van der Waals surface area contributed by atoms with Gasteiger partial charge in [0.2, 0.25) is 0 Å². The standard InChI is InChI=1S/C26H27N5O2/c27-11-8-21-4-6-25(7-5-21)33-20-23-2-1-3-24(18-23)29-26(32)31-16-14-30(15-17-31)19-22-9-12-28-13-10-22/h1-7,9-10,12-13,18H,8,14-17,19-20H2,(H,29,32). The average Bonchev–Trinajstić information content (AvgIpc) is 2.85. The predicted octanol–water partition coefficient (Wildman–Crippen LogP) is 4.08. The van der Waals surface area contributed by atoms with Crippen LogP contribution >= 0.6 is 0 Å². The van der Waals surface area contributed by atoms with Gasteiger partial charge in [-0.1, -0.05) is 24.3 Å². The van der Waals surface area contributed by atoms with Crippen LogP contribution in [0.25, 0.3) is 0 Å². The van der Waals surface area contributed by atoms with Gasteiger partial charge in [0, 0.05) is 50.8 Å². The fourth-order valence-electron chi connectivity index (χ4n) is 3.76. The van der Waals surface area contributed by atoms with Gasteiger partial charge >= 0.3 is 6.03 Å². The minimum Gasteiger partial charge on any atom is -0.489 e. The highest BCUT2D eigenvalue weighted by molar-refractivity contribution is 5.89. The van der Waals surface area contributed by atoms with Crippen LogP contribution in [0.3, 0.4) is 0 Å². The Morgan fingerprint density at radius 1 is 0.970 bits per heavy atom. The van der Waals surface area contributed by atoms with Gasteiger partial charge in [-0.2, -0.15) is 5.26 Å². The van der Waals surface area contributed by atoms with Crippen molar-refractivity contribution >= 4 is 11.7 Å². The molecule has 2 aromatic carbocycles. The number of rotatable bonds is 7. The smallest absolute Gasteiger partial charge is 0.321 e. The number of carbonyl (C=O) groups excluding carboxylic acids is 1. The molecule has 168 valence electrons. The van der Waals surface area contributed by atoms with Crippen molar-refractivity contribution in [3.8, 4) is 11.8 Å². The number of benzene rings is 2. The van der Waals surface area contributed by atoms with Crippen molar-refractivity contribution in [2.75, 3.05) is 31.5 Å². The summed E-state index contributed by atoms with van der Waals surface area (Å²) in [6.45, 7) is 4.35. The van der Waals surface area contributed by atoms with E-state index in [0.29, 0.717) is 26.1 Å². The van der Waals surface area contributed by atoms with Crippen LogP contribution in [-0.2, 0) is 19.6 Å². The molecule has 0 spiro atoms. The van der Waals surface area contributed by atoms with E-state index < -0.39 is 0 Å². The first-order valence-corrected chi connectivity index (χ1v) is 11.0. The zero-order valence-corrected chi connectivity index (χ0v) is 18.5. The highest BCUT2D eigenvalue weighted by Gasteiger charge is 2.21. The maximum Gasteiger partial charge on any atom is 0.321 e. The first-order chi connectivity index (χ1) is 16.2. The van der Waals surface area contributed by atoms with Crippen LogP contribution < -0.4 is 10.1 Å². The summed E-state index contributed by atoms with van der Waals surface area (Å²) in [5.41, 5.74) is 3.92. The lowest BCUT2D eigenvalue weighted by molar-refractivity contribution is 0.143. The molecule has 1 saturated heterocycles. The molecule has 1 aliphatic rings. The number of piperazine rings is 1. The molecule has 0 unspecified atom stereocenters. The molecule has 2 heterocycles. The van der Waals surface area contributed by atoms with Crippen molar-refractivity contribution in [2.45, 2.75) is 19.6 Å². The minimum absolute atomic E-state index is 0.0790. The number of hydrogen-bond donors (Lipinski definition) is 1. The Morgan fingerprint density at radius 2 is 1.73 bits per heavy atom. The topological polar surface area (TPSA) is 81.5 Å². The molecule has 1 N–H and O–H groups in total. The molecule has 0 saturated carbocycles. The number of amides is 2. The molecule has 0 aliphatic carbocycles. The van der Waals surface area contributed by atoms with Crippen molar-refractivity contribution in [1.82, 2.24) is 14.8 Å². The molecule has 7 heteroatoms. The van der Waals surface area contributed by atoms with Crippen LogP contribution in [0, 0.1) is 11.3 Å². The van der Waals surface area contributed by atoms with Crippen LogP contribution in [-0.4, -0.2) is 47.0 Å².